The highest BCUT2D eigenvalue weighted by Gasteiger charge is 2.28. The first-order valence-electron chi connectivity index (χ1n) is 4.17. The molecule has 0 amide bonds. The molecule has 2 N–H and O–H groups in total. The van der Waals surface area contributed by atoms with Gasteiger partial charge in [0.1, 0.15) is 5.75 Å². The van der Waals surface area contributed by atoms with E-state index in [0.29, 0.717) is 17.2 Å². The number of rotatable bonds is 3. The highest BCUT2D eigenvalue weighted by Crippen LogP contribution is 2.54. The third kappa shape index (κ3) is 1.12. The van der Waals surface area contributed by atoms with Crippen LogP contribution in [-0.4, -0.2) is 23.9 Å². The molecule has 0 fully saturated rings. The lowest BCUT2D eigenvalue weighted by Gasteiger charge is -2.25. The summed E-state index contributed by atoms with van der Waals surface area (Å²) in [6.45, 7) is -0.0257. The Kier molecular flexibility index (Phi) is 2.05. The average Bonchev–Trinajstić information content (AvgIpc) is 2.17. The van der Waals surface area contributed by atoms with Gasteiger partial charge in [0.25, 0.3) is 0 Å². The van der Waals surface area contributed by atoms with Crippen molar-refractivity contribution in [2.75, 3.05) is 13.7 Å². The van der Waals surface area contributed by atoms with Gasteiger partial charge in [0, 0.05) is 6.07 Å². The van der Waals surface area contributed by atoms with E-state index in [1.54, 1.807) is 12.2 Å². The monoisotopic (exact) mass is 194 g/mol. The van der Waals surface area contributed by atoms with Crippen molar-refractivity contribution < 1.29 is 19.7 Å². The van der Waals surface area contributed by atoms with Gasteiger partial charge in [-0.1, -0.05) is 6.08 Å². The molecule has 2 bridgehead atoms. The first kappa shape index (κ1) is 8.90. The lowest BCUT2D eigenvalue weighted by Crippen LogP contribution is -2.04. The van der Waals surface area contributed by atoms with Gasteiger partial charge in [-0.15, -0.1) is 0 Å². The van der Waals surface area contributed by atoms with Crippen LogP contribution in [0.15, 0.2) is 12.1 Å². The fourth-order valence-corrected chi connectivity index (χ4v) is 1.39. The van der Waals surface area contributed by atoms with Crippen molar-refractivity contribution in [2.24, 2.45) is 0 Å². The summed E-state index contributed by atoms with van der Waals surface area (Å²) in [7, 11) is 1.46. The SMILES string of the molecule is COc1c(O)cc2c(/C=C\CO)c1O2. The number of methoxy groups -OCH3 is 1. The molecule has 0 spiro atoms. The quantitative estimate of drug-likeness (QED) is 0.777. The maximum atomic E-state index is 9.40. The molecule has 2 heterocycles. The molecule has 0 saturated carbocycles. The summed E-state index contributed by atoms with van der Waals surface area (Å²) in [6, 6.07) is 1.49. The standard InChI is InChI=1S/C10H10O4/c1-13-10-7(12)5-8-6(3-2-4-11)9(10)14-8/h2-3,5,11-12H,4H2,1H3/b3-2-. The number of fused-ring (bicyclic) bond motifs is 2. The largest absolute Gasteiger partial charge is 0.504 e. The van der Waals surface area contributed by atoms with Gasteiger partial charge in [-0.25, -0.2) is 0 Å². The van der Waals surface area contributed by atoms with E-state index >= 15 is 0 Å². The molecule has 0 saturated heterocycles. The second-order valence-corrected chi connectivity index (χ2v) is 2.86. The minimum atomic E-state index is -0.0257. The zero-order chi connectivity index (χ0) is 10.1. The van der Waals surface area contributed by atoms with Crippen molar-refractivity contribution in [1.29, 1.82) is 0 Å². The number of aliphatic hydroxyl groups is 1. The molecule has 3 rings (SSSR count). The van der Waals surface area contributed by atoms with Crippen LogP contribution < -0.4 is 9.47 Å². The number of hydrogen-bond acceptors (Lipinski definition) is 4. The molecular formula is C10H10O4. The molecule has 4 heteroatoms. The van der Waals surface area contributed by atoms with Crippen LogP contribution in [0.1, 0.15) is 5.56 Å². The van der Waals surface area contributed by atoms with Gasteiger partial charge in [-0.2, -0.15) is 0 Å². The van der Waals surface area contributed by atoms with E-state index in [-0.39, 0.29) is 12.4 Å². The third-order valence-corrected chi connectivity index (χ3v) is 2.02. The maximum absolute atomic E-state index is 9.40. The fourth-order valence-electron chi connectivity index (χ4n) is 1.39. The van der Waals surface area contributed by atoms with Gasteiger partial charge >= 0.3 is 0 Å². The summed E-state index contributed by atoms with van der Waals surface area (Å²) >= 11 is 0. The summed E-state index contributed by atoms with van der Waals surface area (Å²) in [5.74, 6) is 1.53. The Morgan fingerprint density at radius 3 is 3.00 bits per heavy atom. The average molecular weight is 194 g/mol. The Morgan fingerprint density at radius 1 is 1.57 bits per heavy atom. The highest BCUT2D eigenvalue weighted by molar-refractivity contribution is 5.78. The van der Waals surface area contributed by atoms with E-state index < -0.39 is 0 Å². The van der Waals surface area contributed by atoms with Gasteiger partial charge in [0.05, 0.1) is 19.3 Å². The lowest BCUT2D eigenvalue weighted by atomic mass is 10.1. The molecule has 2 aliphatic rings. The van der Waals surface area contributed by atoms with Gasteiger partial charge in [-0.3, -0.25) is 0 Å². The summed E-state index contributed by atoms with van der Waals surface area (Å²) in [4.78, 5) is 0. The molecule has 0 aliphatic carbocycles. The van der Waals surface area contributed by atoms with Crippen LogP contribution in [0.4, 0.5) is 0 Å². The first-order chi connectivity index (χ1) is 6.77. The number of hydrogen-bond donors (Lipinski definition) is 2. The first-order valence-corrected chi connectivity index (χ1v) is 4.17. The van der Waals surface area contributed by atoms with Crippen molar-refractivity contribution in [2.45, 2.75) is 0 Å². The Balaban J connectivity index is 2.43. The lowest BCUT2D eigenvalue weighted by molar-refractivity contribution is 0.324. The molecule has 74 valence electrons. The van der Waals surface area contributed by atoms with Crippen molar-refractivity contribution in [3.8, 4) is 23.0 Å². The number of aromatic hydroxyl groups is 1. The molecule has 2 aliphatic heterocycles. The number of phenols is 1. The smallest absolute Gasteiger partial charge is 0.204 e. The number of aliphatic hydroxyl groups excluding tert-OH is 1. The predicted octanol–water partition coefficient (Wildman–Crippen LogP) is 1.51. The van der Waals surface area contributed by atoms with Crippen LogP contribution in [0.25, 0.3) is 6.08 Å². The molecule has 0 radical (unpaired) electrons. The van der Waals surface area contributed by atoms with E-state index in [2.05, 4.69) is 0 Å². The van der Waals surface area contributed by atoms with Gasteiger partial charge in [0.15, 0.2) is 11.5 Å². The van der Waals surface area contributed by atoms with Crippen LogP contribution in [0.5, 0.6) is 23.0 Å². The van der Waals surface area contributed by atoms with Crippen molar-refractivity contribution in [3.63, 3.8) is 0 Å². The predicted molar refractivity (Wildman–Crippen MR) is 50.9 cm³/mol. The summed E-state index contributed by atoms with van der Waals surface area (Å²) in [5.41, 5.74) is 0.841. The summed E-state index contributed by atoms with van der Waals surface area (Å²) < 4.78 is 10.2. The van der Waals surface area contributed by atoms with Gasteiger partial charge < -0.3 is 19.7 Å². The minimum absolute atomic E-state index is 0.0257. The van der Waals surface area contributed by atoms with Gasteiger partial charge in [-0.05, 0) is 6.08 Å². The van der Waals surface area contributed by atoms with E-state index in [0.717, 1.165) is 5.56 Å². The van der Waals surface area contributed by atoms with Crippen LogP contribution >= 0.6 is 0 Å². The van der Waals surface area contributed by atoms with Crippen LogP contribution in [0.2, 0.25) is 0 Å². The van der Waals surface area contributed by atoms with E-state index in [9.17, 15) is 5.11 Å². The van der Waals surface area contributed by atoms with E-state index in [1.807, 2.05) is 0 Å². The Bertz CT molecular complexity index is 396. The van der Waals surface area contributed by atoms with Gasteiger partial charge in [0.2, 0.25) is 5.75 Å². The Labute approximate surface area is 81.0 Å². The molecule has 0 aromatic heterocycles. The minimum Gasteiger partial charge on any atom is -0.504 e. The van der Waals surface area contributed by atoms with Crippen molar-refractivity contribution >= 4 is 6.08 Å². The Hall–Kier alpha value is -1.68. The van der Waals surface area contributed by atoms with E-state index in [1.165, 1.54) is 13.2 Å². The number of phenolic OH excluding ortho intramolecular Hbond substituents is 1. The second-order valence-electron chi connectivity index (χ2n) is 2.86. The van der Waals surface area contributed by atoms with Crippen molar-refractivity contribution in [3.05, 3.63) is 17.7 Å². The number of benzene rings is 1. The molecule has 4 nitrogen and oxygen atoms in total. The molecule has 1 aromatic rings. The zero-order valence-corrected chi connectivity index (χ0v) is 7.65. The maximum Gasteiger partial charge on any atom is 0.204 e. The molecule has 14 heavy (non-hydrogen) atoms. The fraction of sp³-hybridized carbons (Fsp3) is 0.200. The summed E-state index contributed by atoms with van der Waals surface area (Å²) in [6.07, 6.45) is 3.33. The van der Waals surface area contributed by atoms with Crippen molar-refractivity contribution in [1.82, 2.24) is 0 Å². The van der Waals surface area contributed by atoms with Crippen LogP contribution in [0, 0.1) is 0 Å². The highest BCUT2D eigenvalue weighted by atomic mass is 16.5. The zero-order valence-electron chi connectivity index (χ0n) is 7.65. The topological polar surface area (TPSA) is 58.9 Å². The second kappa shape index (κ2) is 3.23. The number of ether oxygens (including phenoxy) is 2. The normalized spacial score (nSPS) is 12.4. The van der Waals surface area contributed by atoms with Crippen LogP contribution in [-0.2, 0) is 0 Å². The molecule has 0 unspecified atom stereocenters. The third-order valence-electron chi connectivity index (χ3n) is 2.02. The van der Waals surface area contributed by atoms with E-state index in [4.69, 9.17) is 14.6 Å². The Morgan fingerprint density at radius 2 is 2.36 bits per heavy atom. The molecule has 0 atom stereocenters. The molecule has 1 aromatic carbocycles. The van der Waals surface area contributed by atoms with Crippen LogP contribution in [0.3, 0.4) is 0 Å². The summed E-state index contributed by atoms with van der Waals surface area (Å²) in [5, 5.41) is 18.0. The molecular weight excluding hydrogens is 184 g/mol.